The molecule has 2 heterocycles. The lowest BCUT2D eigenvalue weighted by Gasteiger charge is -2.05. The van der Waals surface area contributed by atoms with Gasteiger partial charge in [0.2, 0.25) is 0 Å². The van der Waals surface area contributed by atoms with Crippen LogP contribution in [-0.4, -0.2) is 14.6 Å². The van der Waals surface area contributed by atoms with Gasteiger partial charge in [-0.3, -0.25) is 0 Å². The Balaban J connectivity index is 1.52. The van der Waals surface area contributed by atoms with Crippen LogP contribution in [0.4, 0.5) is 5.69 Å². The van der Waals surface area contributed by atoms with E-state index >= 15 is 0 Å². The summed E-state index contributed by atoms with van der Waals surface area (Å²) < 4.78 is 7.47. The van der Waals surface area contributed by atoms with Crippen LogP contribution in [0.2, 0.25) is 0 Å². The summed E-state index contributed by atoms with van der Waals surface area (Å²) in [6.07, 6.45) is 1.80. The van der Waals surface area contributed by atoms with Crippen LogP contribution in [0.25, 0.3) is 28.2 Å². The molecule has 0 fully saturated rings. The van der Waals surface area contributed by atoms with Gasteiger partial charge in [0.25, 0.3) is 0 Å². The zero-order valence-electron chi connectivity index (χ0n) is 16.4. The third-order valence-electron chi connectivity index (χ3n) is 4.89. The van der Waals surface area contributed by atoms with Crippen molar-refractivity contribution < 1.29 is 4.74 Å². The molecule has 0 bridgehead atoms. The molecule has 6 heteroatoms. The molecule has 0 spiro atoms. The van der Waals surface area contributed by atoms with Gasteiger partial charge in [-0.25, -0.2) is 9.50 Å². The lowest BCUT2D eigenvalue weighted by atomic mass is 10.1. The number of nitrogens with two attached hydrogens (primary N) is 1. The van der Waals surface area contributed by atoms with E-state index in [1.165, 1.54) is 0 Å². The number of aromatic nitrogens is 3. The number of fused-ring (bicyclic) bond motifs is 1. The molecule has 0 amide bonds. The van der Waals surface area contributed by atoms with Gasteiger partial charge in [-0.15, -0.1) is 0 Å². The molecule has 3 aromatic carbocycles. The summed E-state index contributed by atoms with van der Waals surface area (Å²) in [5.74, 6) is 1.47. The molecule has 0 atom stereocenters. The Kier molecular flexibility index (Phi) is 4.54. The predicted octanol–water partition coefficient (Wildman–Crippen LogP) is 5.31. The van der Waals surface area contributed by atoms with Crippen molar-refractivity contribution in [3.05, 3.63) is 96.7 Å². The molecule has 0 unspecified atom stereocenters. The third-order valence-corrected chi connectivity index (χ3v) is 4.89. The van der Waals surface area contributed by atoms with Gasteiger partial charge < -0.3 is 10.5 Å². The zero-order valence-corrected chi connectivity index (χ0v) is 16.4. The Morgan fingerprint density at radius 2 is 1.61 bits per heavy atom. The summed E-state index contributed by atoms with van der Waals surface area (Å²) in [5, 5.41) is 14.4. The molecule has 0 radical (unpaired) electrons. The van der Waals surface area contributed by atoms with Crippen LogP contribution in [0, 0.1) is 11.3 Å². The number of ether oxygens (including phenoxy) is 1. The number of anilines is 1. The average molecular weight is 403 g/mol. The van der Waals surface area contributed by atoms with Crippen molar-refractivity contribution in [3.8, 4) is 40.1 Å². The van der Waals surface area contributed by atoms with Crippen LogP contribution in [0.15, 0.2) is 91.1 Å². The first-order valence-electron chi connectivity index (χ1n) is 9.70. The number of nitriles is 1. The second-order valence-electron chi connectivity index (χ2n) is 6.98. The van der Waals surface area contributed by atoms with E-state index in [2.05, 4.69) is 16.2 Å². The minimum Gasteiger partial charge on any atom is -0.457 e. The van der Waals surface area contributed by atoms with Gasteiger partial charge >= 0.3 is 0 Å². The zero-order chi connectivity index (χ0) is 21.2. The average Bonchev–Trinajstić information content (AvgIpc) is 3.18. The first-order valence-corrected chi connectivity index (χ1v) is 9.70. The third kappa shape index (κ3) is 3.56. The number of para-hydroxylation sites is 1. The van der Waals surface area contributed by atoms with Gasteiger partial charge in [-0.2, -0.15) is 10.4 Å². The van der Waals surface area contributed by atoms with E-state index in [9.17, 15) is 5.26 Å². The molecular weight excluding hydrogens is 386 g/mol. The van der Waals surface area contributed by atoms with E-state index in [0.717, 1.165) is 22.6 Å². The van der Waals surface area contributed by atoms with Crippen molar-refractivity contribution in [1.29, 1.82) is 5.26 Å². The molecule has 6 nitrogen and oxygen atoms in total. The van der Waals surface area contributed by atoms with E-state index in [4.69, 9.17) is 10.5 Å². The highest BCUT2D eigenvalue weighted by Crippen LogP contribution is 2.29. The summed E-state index contributed by atoms with van der Waals surface area (Å²) in [4.78, 5) is 4.67. The van der Waals surface area contributed by atoms with Crippen molar-refractivity contribution in [3.63, 3.8) is 0 Å². The molecule has 148 valence electrons. The molecule has 2 N–H and O–H groups in total. The number of benzene rings is 3. The van der Waals surface area contributed by atoms with Crippen molar-refractivity contribution in [2.24, 2.45) is 0 Å². The molecule has 0 saturated heterocycles. The van der Waals surface area contributed by atoms with E-state index in [1.54, 1.807) is 10.7 Å². The number of nitrogen functional groups attached to an aromatic ring is 1. The molecule has 0 aliphatic rings. The Morgan fingerprint density at radius 3 is 2.35 bits per heavy atom. The normalized spacial score (nSPS) is 10.7. The predicted molar refractivity (Wildman–Crippen MR) is 120 cm³/mol. The Bertz CT molecular complexity index is 1420. The molecule has 0 aliphatic carbocycles. The van der Waals surface area contributed by atoms with E-state index < -0.39 is 0 Å². The molecule has 2 aromatic heterocycles. The molecule has 0 saturated carbocycles. The van der Waals surface area contributed by atoms with Crippen molar-refractivity contribution >= 4 is 11.3 Å². The highest BCUT2D eigenvalue weighted by molar-refractivity contribution is 5.77. The van der Waals surface area contributed by atoms with Gasteiger partial charge in [0.05, 0.1) is 5.69 Å². The Hall–Kier alpha value is -4.63. The van der Waals surface area contributed by atoms with Crippen molar-refractivity contribution in [1.82, 2.24) is 14.6 Å². The molecule has 31 heavy (non-hydrogen) atoms. The molecular formula is C25H17N5O. The fourth-order valence-corrected chi connectivity index (χ4v) is 3.40. The summed E-state index contributed by atoms with van der Waals surface area (Å²) in [6, 6.07) is 28.7. The van der Waals surface area contributed by atoms with Gasteiger partial charge in [-0.05, 0) is 54.6 Å². The van der Waals surface area contributed by atoms with Crippen LogP contribution in [0.1, 0.15) is 5.56 Å². The summed E-state index contributed by atoms with van der Waals surface area (Å²) in [7, 11) is 0. The Morgan fingerprint density at radius 1 is 0.839 bits per heavy atom. The van der Waals surface area contributed by atoms with E-state index in [-0.39, 0.29) is 0 Å². The second-order valence-corrected chi connectivity index (χ2v) is 6.98. The van der Waals surface area contributed by atoms with Crippen LogP contribution >= 0.6 is 0 Å². The van der Waals surface area contributed by atoms with Gasteiger partial charge in [0, 0.05) is 23.0 Å². The van der Waals surface area contributed by atoms with Crippen LogP contribution < -0.4 is 10.5 Å². The van der Waals surface area contributed by atoms with Crippen LogP contribution in [-0.2, 0) is 0 Å². The highest BCUT2D eigenvalue weighted by atomic mass is 16.5. The number of rotatable bonds is 4. The molecule has 0 aliphatic heterocycles. The number of nitrogens with zero attached hydrogens (tertiary/aromatic N) is 4. The maximum Gasteiger partial charge on any atom is 0.174 e. The van der Waals surface area contributed by atoms with Gasteiger partial charge in [-0.1, -0.05) is 30.3 Å². The van der Waals surface area contributed by atoms with Crippen LogP contribution in [0.5, 0.6) is 11.5 Å². The quantitative estimate of drug-likeness (QED) is 0.411. The van der Waals surface area contributed by atoms with Crippen molar-refractivity contribution in [2.45, 2.75) is 0 Å². The van der Waals surface area contributed by atoms with Gasteiger partial charge in [0.15, 0.2) is 5.65 Å². The fraction of sp³-hybridized carbons (Fsp3) is 0. The minimum absolute atomic E-state index is 0.419. The van der Waals surface area contributed by atoms with Crippen molar-refractivity contribution in [2.75, 3.05) is 5.73 Å². The smallest absolute Gasteiger partial charge is 0.174 e. The standard InChI is InChI=1S/C25H17N5O/c26-16-22-24(17-9-11-21(12-10-17)31-20-7-2-1-3-8-20)29-30-14-13-23(28-25(22)30)18-5-4-6-19(27)15-18/h1-15H,27H2. The fourth-order valence-electron chi connectivity index (χ4n) is 3.40. The lowest BCUT2D eigenvalue weighted by molar-refractivity contribution is 0.483. The summed E-state index contributed by atoms with van der Waals surface area (Å²) >= 11 is 0. The topological polar surface area (TPSA) is 89.2 Å². The SMILES string of the molecule is N#Cc1c(-c2ccc(Oc3ccccc3)cc2)nn2ccc(-c3cccc(N)c3)nc12. The highest BCUT2D eigenvalue weighted by Gasteiger charge is 2.16. The number of hydrogen-bond acceptors (Lipinski definition) is 5. The lowest BCUT2D eigenvalue weighted by Crippen LogP contribution is -1.93. The Labute approximate surface area is 178 Å². The largest absolute Gasteiger partial charge is 0.457 e. The van der Waals surface area contributed by atoms with E-state index in [0.29, 0.717) is 28.3 Å². The molecule has 5 aromatic rings. The van der Waals surface area contributed by atoms with E-state index in [1.807, 2.05) is 84.9 Å². The second kappa shape index (κ2) is 7.65. The first kappa shape index (κ1) is 18.4. The number of hydrogen-bond donors (Lipinski definition) is 1. The minimum atomic E-state index is 0.419. The maximum absolute atomic E-state index is 9.83. The van der Waals surface area contributed by atoms with Gasteiger partial charge in [0.1, 0.15) is 28.8 Å². The summed E-state index contributed by atoms with van der Waals surface area (Å²) in [5.41, 5.74) is 10.5. The van der Waals surface area contributed by atoms with Crippen LogP contribution in [0.3, 0.4) is 0 Å². The molecule has 5 rings (SSSR count). The summed E-state index contributed by atoms with van der Waals surface area (Å²) in [6.45, 7) is 0. The first-order chi connectivity index (χ1) is 15.2. The maximum atomic E-state index is 9.83. The monoisotopic (exact) mass is 403 g/mol.